The molecule has 6 nitrogen and oxygen atoms in total. The first-order valence-electron chi connectivity index (χ1n) is 8.16. The summed E-state index contributed by atoms with van der Waals surface area (Å²) in [6.07, 6.45) is 4.14. The van der Waals surface area contributed by atoms with Crippen LogP contribution in [0.4, 0.5) is 5.69 Å². The summed E-state index contributed by atoms with van der Waals surface area (Å²) in [5.41, 5.74) is 10.3. The van der Waals surface area contributed by atoms with Gasteiger partial charge in [-0.15, -0.1) is 0 Å². The third kappa shape index (κ3) is 2.68. The number of amides is 2. The fourth-order valence-electron chi connectivity index (χ4n) is 3.35. The number of aryl methyl sites for hydroxylation is 1. The number of anilines is 1. The molecule has 6 heteroatoms. The number of fused-ring (bicyclic) bond motifs is 1. The molecule has 2 N–H and O–H groups in total. The average molecular weight is 336 g/mol. The van der Waals surface area contributed by atoms with Crippen LogP contribution >= 0.6 is 0 Å². The van der Waals surface area contributed by atoms with Gasteiger partial charge in [-0.05, 0) is 41.3 Å². The Morgan fingerprint density at radius 3 is 2.72 bits per heavy atom. The summed E-state index contributed by atoms with van der Waals surface area (Å²) in [5, 5.41) is 0. The number of nitrogens with zero attached hydrogens (tertiary/aromatic N) is 2. The summed E-state index contributed by atoms with van der Waals surface area (Å²) in [6.45, 7) is 0.399. The van der Waals surface area contributed by atoms with Gasteiger partial charge in [0.2, 0.25) is 11.8 Å². The lowest BCUT2D eigenvalue weighted by atomic mass is 9.88. The second-order valence-corrected chi connectivity index (χ2v) is 6.38. The van der Waals surface area contributed by atoms with Crippen LogP contribution in [0.2, 0.25) is 0 Å². The van der Waals surface area contributed by atoms with Crippen LogP contribution in [0.5, 0.6) is 0 Å². The molecule has 2 amide bonds. The first kappa shape index (κ1) is 15.8. The van der Waals surface area contributed by atoms with Gasteiger partial charge in [0.25, 0.3) is 0 Å². The Hall–Kier alpha value is -2.73. The number of hydrogen-bond donors (Lipinski definition) is 1. The molecular weight excluding hydrogens is 318 g/mol. The van der Waals surface area contributed by atoms with E-state index in [-0.39, 0.29) is 5.91 Å². The second kappa shape index (κ2) is 5.97. The first-order chi connectivity index (χ1) is 12.0. The number of aromatic nitrogens is 1. The van der Waals surface area contributed by atoms with Crippen molar-refractivity contribution in [3.63, 3.8) is 0 Å². The Bertz CT molecular complexity index is 865. The van der Waals surface area contributed by atoms with Crippen molar-refractivity contribution in [2.24, 2.45) is 5.73 Å². The number of benzene rings is 1. The molecule has 1 fully saturated rings. The normalized spacial score (nSPS) is 20.1. The van der Waals surface area contributed by atoms with Crippen LogP contribution in [-0.2, 0) is 20.7 Å². The molecule has 0 bridgehead atoms. The summed E-state index contributed by atoms with van der Waals surface area (Å²) in [5.74, 6) is 0.529. The van der Waals surface area contributed by atoms with Gasteiger partial charge in [-0.3, -0.25) is 14.6 Å². The Balaban J connectivity index is 1.66. The molecule has 1 aromatic heterocycles. The number of rotatable bonds is 3. The fraction of sp³-hybridized carbons (Fsp3) is 0.263. The molecule has 2 aromatic rings. The van der Waals surface area contributed by atoms with Crippen LogP contribution < -0.4 is 10.6 Å². The number of nitrogens with two attached hydrogens (primary N) is 1. The lowest BCUT2D eigenvalue weighted by Crippen LogP contribution is -2.47. The maximum absolute atomic E-state index is 11.8. The minimum atomic E-state index is -0.653. The highest BCUT2D eigenvalue weighted by atomic mass is 16.5. The van der Waals surface area contributed by atoms with E-state index in [9.17, 15) is 9.59 Å². The molecule has 2 aliphatic rings. The van der Waals surface area contributed by atoms with Gasteiger partial charge in [0.05, 0.1) is 12.5 Å². The summed E-state index contributed by atoms with van der Waals surface area (Å²) in [7, 11) is 1.80. The Morgan fingerprint density at radius 2 is 2.00 bits per heavy atom. The van der Waals surface area contributed by atoms with E-state index in [4.69, 9.17) is 10.5 Å². The van der Waals surface area contributed by atoms with Crippen LogP contribution in [0.25, 0.3) is 11.1 Å². The highest BCUT2D eigenvalue weighted by Gasteiger charge is 2.38. The average Bonchev–Trinajstić information content (AvgIpc) is 2.57. The summed E-state index contributed by atoms with van der Waals surface area (Å²) >= 11 is 0. The van der Waals surface area contributed by atoms with Gasteiger partial charge in [-0.1, -0.05) is 6.07 Å². The molecule has 1 atom stereocenters. The Labute approximate surface area is 145 Å². The predicted molar refractivity (Wildman–Crippen MR) is 92.7 cm³/mol. The van der Waals surface area contributed by atoms with Gasteiger partial charge < -0.3 is 15.4 Å². The molecule has 1 unspecified atom stereocenters. The third-order valence-electron chi connectivity index (χ3n) is 4.85. The Kier molecular flexibility index (Phi) is 3.77. The highest BCUT2D eigenvalue weighted by molar-refractivity contribution is 5.96. The zero-order chi connectivity index (χ0) is 17.6. The summed E-state index contributed by atoms with van der Waals surface area (Å²) in [4.78, 5) is 29.2. The zero-order valence-corrected chi connectivity index (χ0v) is 13.9. The van der Waals surface area contributed by atoms with Crippen LogP contribution in [0.15, 0.2) is 36.7 Å². The molecule has 1 saturated heterocycles. The number of carbonyl (C=O) groups excluding carboxylic acids is 2. The molecule has 3 heterocycles. The van der Waals surface area contributed by atoms with Crippen LogP contribution in [0.3, 0.4) is 0 Å². The lowest BCUT2D eigenvalue weighted by molar-refractivity contribution is -0.135. The molecule has 0 spiro atoms. The van der Waals surface area contributed by atoms with E-state index in [1.54, 1.807) is 24.3 Å². The van der Waals surface area contributed by atoms with E-state index in [2.05, 4.69) is 11.1 Å². The predicted octanol–water partition coefficient (Wildman–Crippen LogP) is 1.46. The second-order valence-electron chi connectivity index (χ2n) is 6.38. The zero-order valence-electron chi connectivity index (χ0n) is 13.9. The van der Waals surface area contributed by atoms with Crippen molar-refractivity contribution in [3.05, 3.63) is 53.7 Å². The maximum Gasteiger partial charge on any atom is 0.247 e. The molecule has 25 heavy (non-hydrogen) atoms. The van der Waals surface area contributed by atoms with E-state index in [1.807, 2.05) is 18.2 Å². The SMILES string of the molecule is CN1C(=O)CCc2cc(-c3cncc([C]4COC4C(N)=O)c3)ccc21. The largest absolute Gasteiger partial charge is 0.367 e. The molecule has 1 aromatic carbocycles. The van der Waals surface area contributed by atoms with E-state index >= 15 is 0 Å². The number of ether oxygens (including phenoxy) is 1. The van der Waals surface area contributed by atoms with Crippen LogP contribution in [0, 0.1) is 5.92 Å². The van der Waals surface area contributed by atoms with Crippen molar-refractivity contribution in [1.29, 1.82) is 0 Å². The quantitative estimate of drug-likeness (QED) is 0.919. The fourth-order valence-corrected chi connectivity index (χ4v) is 3.35. The van der Waals surface area contributed by atoms with Crippen molar-refractivity contribution in [2.45, 2.75) is 18.9 Å². The van der Waals surface area contributed by atoms with Crippen LogP contribution in [-0.4, -0.2) is 36.6 Å². The van der Waals surface area contributed by atoms with E-state index < -0.39 is 12.0 Å². The molecule has 0 aliphatic carbocycles. The molecule has 127 valence electrons. The van der Waals surface area contributed by atoms with Crippen molar-refractivity contribution in [3.8, 4) is 11.1 Å². The van der Waals surface area contributed by atoms with Crippen molar-refractivity contribution in [2.75, 3.05) is 18.6 Å². The molecule has 2 aliphatic heterocycles. The molecule has 1 radical (unpaired) electrons. The topological polar surface area (TPSA) is 85.5 Å². The third-order valence-corrected chi connectivity index (χ3v) is 4.85. The molecule has 0 saturated carbocycles. The minimum Gasteiger partial charge on any atom is -0.367 e. The summed E-state index contributed by atoms with van der Waals surface area (Å²) < 4.78 is 5.22. The van der Waals surface area contributed by atoms with E-state index in [0.717, 1.165) is 40.3 Å². The van der Waals surface area contributed by atoms with E-state index in [0.29, 0.717) is 13.0 Å². The van der Waals surface area contributed by atoms with Gasteiger partial charge in [0.1, 0.15) is 6.10 Å². The van der Waals surface area contributed by atoms with Crippen LogP contribution in [0.1, 0.15) is 17.5 Å². The summed E-state index contributed by atoms with van der Waals surface area (Å²) in [6, 6.07) is 8.06. The van der Waals surface area contributed by atoms with Gasteiger partial charge in [0, 0.05) is 37.1 Å². The molecular formula is C19H18N3O3. The van der Waals surface area contributed by atoms with Gasteiger partial charge in [-0.25, -0.2) is 0 Å². The van der Waals surface area contributed by atoms with E-state index in [1.165, 1.54) is 0 Å². The monoisotopic (exact) mass is 336 g/mol. The Morgan fingerprint density at radius 1 is 1.20 bits per heavy atom. The van der Waals surface area contributed by atoms with Gasteiger partial charge in [-0.2, -0.15) is 0 Å². The maximum atomic E-state index is 11.8. The number of carbonyl (C=O) groups is 2. The minimum absolute atomic E-state index is 0.141. The first-order valence-corrected chi connectivity index (χ1v) is 8.16. The number of primary amides is 1. The lowest BCUT2D eigenvalue weighted by Gasteiger charge is -2.33. The van der Waals surface area contributed by atoms with Crippen molar-refractivity contribution < 1.29 is 14.3 Å². The smallest absolute Gasteiger partial charge is 0.247 e. The van der Waals surface area contributed by atoms with Gasteiger partial charge >= 0.3 is 0 Å². The van der Waals surface area contributed by atoms with Gasteiger partial charge in [0.15, 0.2) is 0 Å². The molecule has 4 rings (SSSR count). The number of hydrogen-bond acceptors (Lipinski definition) is 4. The standard InChI is InChI=1S/C19H18N3O3/c1-22-16-4-2-11(6-12(16)3-5-17(22)23)13-7-14(9-21-8-13)15-10-25-18(15)19(20)24/h2,4,6-9,18H,3,5,10H2,1H3,(H2,20,24). The van der Waals surface area contributed by atoms with Crippen molar-refractivity contribution >= 4 is 17.5 Å². The number of pyridine rings is 1. The van der Waals surface area contributed by atoms with Crippen molar-refractivity contribution in [1.82, 2.24) is 4.98 Å². The highest BCUT2D eigenvalue weighted by Crippen LogP contribution is 2.34.